The molecule has 0 aliphatic carbocycles. The second-order valence-electron chi connectivity index (χ2n) is 4.40. The Balaban J connectivity index is 3.04. The predicted molar refractivity (Wildman–Crippen MR) is 72.0 cm³/mol. The van der Waals surface area contributed by atoms with Crippen molar-refractivity contribution < 1.29 is 8.42 Å². The Bertz CT molecular complexity index is 575. The highest BCUT2D eigenvalue weighted by Gasteiger charge is 2.13. The van der Waals surface area contributed by atoms with E-state index in [1.165, 1.54) is 12.1 Å². The molecule has 6 heteroatoms. The molecule has 1 unspecified atom stereocenters. The predicted octanol–water partition coefficient (Wildman–Crippen LogP) is 1.27. The van der Waals surface area contributed by atoms with Crippen LogP contribution in [0.15, 0.2) is 23.1 Å². The van der Waals surface area contributed by atoms with E-state index < -0.39 is 9.84 Å². The molecule has 0 amide bonds. The normalized spacial score (nSPS) is 12.8. The average molecular weight is 267 g/mol. The fourth-order valence-corrected chi connectivity index (χ4v) is 2.32. The SMILES string of the molecule is CC(C#N)CN(C)c1ccc(S(C)(=O)=O)cc1N. The largest absolute Gasteiger partial charge is 0.397 e. The maximum atomic E-state index is 11.4. The van der Waals surface area contributed by atoms with Crippen LogP contribution in [0.5, 0.6) is 0 Å². The van der Waals surface area contributed by atoms with Gasteiger partial charge in [-0.05, 0) is 25.1 Å². The smallest absolute Gasteiger partial charge is 0.175 e. The molecule has 5 nitrogen and oxygen atoms in total. The minimum absolute atomic E-state index is 0.121. The van der Waals surface area contributed by atoms with E-state index in [1.54, 1.807) is 6.07 Å². The number of anilines is 2. The van der Waals surface area contributed by atoms with Crippen molar-refractivity contribution in [3.63, 3.8) is 0 Å². The maximum Gasteiger partial charge on any atom is 0.175 e. The minimum Gasteiger partial charge on any atom is -0.397 e. The molecule has 0 radical (unpaired) electrons. The lowest BCUT2D eigenvalue weighted by Crippen LogP contribution is -2.24. The number of hydrogen-bond donors (Lipinski definition) is 1. The summed E-state index contributed by atoms with van der Waals surface area (Å²) in [6.45, 7) is 2.36. The fraction of sp³-hybridized carbons (Fsp3) is 0.417. The summed E-state index contributed by atoms with van der Waals surface area (Å²) in [5.74, 6) is -0.121. The molecule has 18 heavy (non-hydrogen) atoms. The van der Waals surface area contributed by atoms with Gasteiger partial charge in [-0.25, -0.2) is 8.42 Å². The molecular formula is C12H17N3O2S. The number of benzene rings is 1. The molecule has 1 aromatic carbocycles. The van der Waals surface area contributed by atoms with Gasteiger partial charge in [0.2, 0.25) is 0 Å². The van der Waals surface area contributed by atoms with Gasteiger partial charge in [0.05, 0.1) is 28.3 Å². The van der Waals surface area contributed by atoms with Crippen molar-refractivity contribution in [2.75, 3.05) is 30.5 Å². The van der Waals surface area contributed by atoms with Gasteiger partial charge < -0.3 is 10.6 Å². The summed E-state index contributed by atoms with van der Waals surface area (Å²) in [5, 5.41) is 8.76. The zero-order valence-corrected chi connectivity index (χ0v) is 11.5. The van der Waals surface area contributed by atoms with Gasteiger partial charge in [0.1, 0.15) is 0 Å². The quantitative estimate of drug-likeness (QED) is 0.830. The van der Waals surface area contributed by atoms with Crippen LogP contribution in [0.2, 0.25) is 0 Å². The Morgan fingerprint density at radius 2 is 2.11 bits per heavy atom. The van der Waals surface area contributed by atoms with E-state index in [9.17, 15) is 8.42 Å². The second kappa shape index (κ2) is 5.27. The third-order valence-electron chi connectivity index (χ3n) is 2.61. The number of nitrogen functional groups attached to an aromatic ring is 1. The van der Waals surface area contributed by atoms with Crippen molar-refractivity contribution >= 4 is 21.2 Å². The summed E-state index contributed by atoms with van der Waals surface area (Å²) in [5.41, 5.74) is 6.97. The van der Waals surface area contributed by atoms with Gasteiger partial charge in [-0.1, -0.05) is 0 Å². The summed E-state index contributed by atoms with van der Waals surface area (Å²) in [7, 11) is -1.43. The number of hydrogen-bond acceptors (Lipinski definition) is 5. The molecule has 0 aliphatic heterocycles. The molecule has 2 N–H and O–H groups in total. The van der Waals surface area contributed by atoms with Crippen LogP contribution < -0.4 is 10.6 Å². The lowest BCUT2D eigenvalue weighted by molar-refractivity contribution is 0.602. The van der Waals surface area contributed by atoms with Gasteiger partial charge in [-0.15, -0.1) is 0 Å². The van der Waals surface area contributed by atoms with Gasteiger partial charge >= 0.3 is 0 Å². The van der Waals surface area contributed by atoms with Crippen molar-refractivity contribution in [2.24, 2.45) is 5.92 Å². The van der Waals surface area contributed by atoms with E-state index in [-0.39, 0.29) is 10.8 Å². The number of nitrogens with zero attached hydrogens (tertiary/aromatic N) is 2. The van der Waals surface area contributed by atoms with Crippen LogP contribution in [0, 0.1) is 17.2 Å². The highest BCUT2D eigenvalue weighted by molar-refractivity contribution is 7.90. The van der Waals surface area contributed by atoms with Gasteiger partial charge in [0, 0.05) is 19.8 Å². The molecule has 0 bridgehead atoms. The Kier molecular flexibility index (Phi) is 4.19. The van der Waals surface area contributed by atoms with E-state index >= 15 is 0 Å². The first-order valence-electron chi connectivity index (χ1n) is 5.46. The van der Waals surface area contributed by atoms with Crippen LogP contribution in [-0.4, -0.2) is 28.3 Å². The molecule has 0 saturated carbocycles. The summed E-state index contributed by atoms with van der Waals surface area (Å²) in [6.07, 6.45) is 1.14. The first-order valence-corrected chi connectivity index (χ1v) is 7.35. The third kappa shape index (κ3) is 3.37. The summed E-state index contributed by atoms with van der Waals surface area (Å²) >= 11 is 0. The number of nitrogens with two attached hydrogens (primary N) is 1. The van der Waals surface area contributed by atoms with Crippen LogP contribution in [0.1, 0.15) is 6.92 Å². The zero-order valence-electron chi connectivity index (χ0n) is 10.7. The van der Waals surface area contributed by atoms with Gasteiger partial charge in [0.15, 0.2) is 9.84 Å². The van der Waals surface area contributed by atoms with E-state index in [0.29, 0.717) is 12.2 Å². The third-order valence-corrected chi connectivity index (χ3v) is 3.72. The van der Waals surface area contributed by atoms with Crippen molar-refractivity contribution in [1.29, 1.82) is 5.26 Å². The molecule has 98 valence electrons. The number of sulfone groups is 1. The topological polar surface area (TPSA) is 87.2 Å². The molecule has 0 aromatic heterocycles. The van der Waals surface area contributed by atoms with Crippen molar-refractivity contribution in [2.45, 2.75) is 11.8 Å². The number of rotatable bonds is 4. The molecule has 0 spiro atoms. The van der Waals surface area contributed by atoms with Gasteiger partial charge in [-0.3, -0.25) is 0 Å². The summed E-state index contributed by atoms with van der Waals surface area (Å²) in [4.78, 5) is 2.04. The lowest BCUT2D eigenvalue weighted by Gasteiger charge is -2.22. The maximum absolute atomic E-state index is 11.4. The lowest BCUT2D eigenvalue weighted by atomic mass is 10.2. The molecule has 0 heterocycles. The van der Waals surface area contributed by atoms with Crippen LogP contribution in [-0.2, 0) is 9.84 Å². The van der Waals surface area contributed by atoms with Crippen molar-refractivity contribution in [3.8, 4) is 6.07 Å². The fourth-order valence-electron chi connectivity index (χ4n) is 1.66. The van der Waals surface area contributed by atoms with Crippen LogP contribution >= 0.6 is 0 Å². The van der Waals surface area contributed by atoms with Crippen molar-refractivity contribution in [3.05, 3.63) is 18.2 Å². The van der Waals surface area contributed by atoms with E-state index in [4.69, 9.17) is 11.0 Å². The number of nitriles is 1. The van der Waals surface area contributed by atoms with E-state index in [1.807, 2.05) is 18.9 Å². The molecule has 0 saturated heterocycles. The first-order chi connectivity index (χ1) is 8.25. The van der Waals surface area contributed by atoms with Crippen LogP contribution in [0.3, 0.4) is 0 Å². The Morgan fingerprint density at radius 1 is 1.50 bits per heavy atom. The molecule has 1 atom stereocenters. The highest BCUT2D eigenvalue weighted by atomic mass is 32.2. The zero-order chi connectivity index (χ0) is 13.9. The average Bonchev–Trinajstić information content (AvgIpc) is 2.27. The van der Waals surface area contributed by atoms with Crippen molar-refractivity contribution in [1.82, 2.24) is 0 Å². The second-order valence-corrected chi connectivity index (χ2v) is 6.42. The monoisotopic (exact) mass is 267 g/mol. The molecule has 0 fully saturated rings. The molecule has 0 aliphatic rings. The Morgan fingerprint density at radius 3 is 2.56 bits per heavy atom. The highest BCUT2D eigenvalue weighted by Crippen LogP contribution is 2.25. The van der Waals surface area contributed by atoms with E-state index in [0.717, 1.165) is 11.9 Å². The standard InChI is InChI=1S/C12H17N3O2S/c1-9(7-13)8-15(2)12-5-4-10(6-11(12)14)18(3,16)17/h4-6,9H,8,14H2,1-3H3. The van der Waals surface area contributed by atoms with Gasteiger partial charge in [-0.2, -0.15) is 5.26 Å². The van der Waals surface area contributed by atoms with Gasteiger partial charge in [0.25, 0.3) is 0 Å². The van der Waals surface area contributed by atoms with E-state index in [2.05, 4.69) is 6.07 Å². The van der Waals surface area contributed by atoms with Crippen LogP contribution in [0.25, 0.3) is 0 Å². The summed E-state index contributed by atoms with van der Waals surface area (Å²) < 4.78 is 22.8. The minimum atomic E-state index is -3.25. The molecule has 1 aromatic rings. The first kappa shape index (κ1) is 14.3. The Hall–Kier alpha value is -1.74. The van der Waals surface area contributed by atoms with Crippen LogP contribution in [0.4, 0.5) is 11.4 Å². The Labute approximate surface area is 108 Å². The molecular weight excluding hydrogens is 250 g/mol. The summed E-state index contributed by atoms with van der Waals surface area (Å²) in [6, 6.07) is 6.77. The molecule has 1 rings (SSSR count).